The molecule has 0 aromatic heterocycles. The maximum absolute atomic E-state index is 12.4. The Morgan fingerprint density at radius 3 is 2.38 bits per heavy atom. The minimum Gasteiger partial charge on any atom is -0.478 e. The van der Waals surface area contributed by atoms with Crippen LogP contribution in [-0.2, 0) is 16.4 Å². The lowest BCUT2D eigenvalue weighted by Gasteiger charge is -2.23. The first-order chi connectivity index (χ1) is 9.63. The molecule has 1 aromatic rings. The Morgan fingerprint density at radius 2 is 1.90 bits per heavy atom. The van der Waals surface area contributed by atoms with Gasteiger partial charge in [0.15, 0.2) is 0 Å². The highest BCUT2D eigenvalue weighted by molar-refractivity contribution is 7.89. The van der Waals surface area contributed by atoms with Crippen molar-refractivity contribution < 1.29 is 18.3 Å². The first-order valence-corrected chi connectivity index (χ1v) is 8.47. The zero-order valence-electron chi connectivity index (χ0n) is 12.9. The number of rotatable bonds is 7. The fourth-order valence-corrected chi connectivity index (χ4v) is 3.30. The zero-order valence-corrected chi connectivity index (χ0v) is 13.8. The number of hydrogen-bond acceptors (Lipinski definition) is 3. The summed E-state index contributed by atoms with van der Waals surface area (Å²) in [5.41, 5.74) is 0.438. The maximum atomic E-state index is 12.4. The highest BCUT2D eigenvalue weighted by Gasteiger charge is 2.23. The first kappa shape index (κ1) is 17.7. The number of carboxylic acid groups (broad SMARTS) is 1. The molecule has 0 amide bonds. The summed E-state index contributed by atoms with van der Waals surface area (Å²) in [7, 11) is -3.72. The van der Waals surface area contributed by atoms with Gasteiger partial charge < -0.3 is 5.11 Å². The topological polar surface area (TPSA) is 83.5 Å². The van der Waals surface area contributed by atoms with Gasteiger partial charge in [-0.05, 0) is 36.0 Å². The first-order valence-electron chi connectivity index (χ1n) is 6.99. The van der Waals surface area contributed by atoms with E-state index < -0.39 is 16.0 Å². The van der Waals surface area contributed by atoms with E-state index in [2.05, 4.69) is 4.72 Å². The third-order valence-corrected chi connectivity index (χ3v) is 5.17. The average molecular weight is 313 g/mol. The zero-order chi connectivity index (χ0) is 16.3. The summed E-state index contributed by atoms with van der Waals surface area (Å²) < 4.78 is 27.5. The van der Waals surface area contributed by atoms with Crippen LogP contribution in [0.3, 0.4) is 0 Å². The molecule has 5 nitrogen and oxygen atoms in total. The van der Waals surface area contributed by atoms with Gasteiger partial charge in [-0.1, -0.05) is 33.8 Å². The molecule has 0 spiro atoms. The highest BCUT2D eigenvalue weighted by atomic mass is 32.2. The molecule has 0 aliphatic rings. The standard InChI is InChI=1S/C15H23NO4S/c1-5-11-7-8-12(14(17)18)9-13(11)21(19,20)16-10-15(3,4)6-2/h7-9,16H,5-6,10H2,1-4H3,(H,17,18). The van der Waals surface area contributed by atoms with E-state index in [1.54, 1.807) is 6.07 Å². The number of carboxylic acids is 1. The summed E-state index contributed by atoms with van der Waals surface area (Å²) >= 11 is 0. The molecule has 0 unspecified atom stereocenters. The van der Waals surface area contributed by atoms with Crippen LogP contribution in [-0.4, -0.2) is 26.0 Å². The van der Waals surface area contributed by atoms with Gasteiger partial charge in [-0.2, -0.15) is 0 Å². The Morgan fingerprint density at radius 1 is 1.29 bits per heavy atom. The Balaban J connectivity index is 3.17. The number of hydrogen-bond donors (Lipinski definition) is 2. The Hall–Kier alpha value is -1.40. The van der Waals surface area contributed by atoms with E-state index in [1.807, 2.05) is 27.7 Å². The van der Waals surface area contributed by atoms with Gasteiger partial charge in [-0.3, -0.25) is 0 Å². The van der Waals surface area contributed by atoms with Crippen LogP contribution in [0.5, 0.6) is 0 Å². The number of aryl methyl sites for hydroxylation is 1. The average Bonchev–Trinajstić information content (AvgIpc) is 2.44. The summed E-state index contributed by atoms with van der Waals surface area (Å²) in [6, 6.07) is 4.21. The van der Waals surface area contributed by atoms with E-state index >= 15 is 0 Å². The molecule has 0 radical (unpaired) electrons. The van der Waals surface area contributed by atoms with Crippen LogP contribution in [0.2, 0.25) is 0 Å². The molecule has 0 fully saturated rings. The van der Waals surface area contributed by atoms with E-state index in [4.69, 9.17) is 5.11 Å². The van der Waals surface area contributed by atoms with Crippen molar-refractivity contribution in [1.29, 1.82) is 0 Å². The quantitative estimate of drug-likeness (QED) is 0.810. The lowest BCUT2D eigenvalue weighted by Crippen LogP contribution is -2.34. The molecule has 0 aliphatic carbocycles. The van der Waals surface area contributed by atoms with E-state index in [9.17, 15) is 13.2 Å². The molecule has 1 aromatic carbocycles. The Bertz CT molecular complexity index is 621. The molecule has 1 rings (SSSR count). The molecule has 0 atom stereocenters. The predicted molar refractivity (Wildman–Crippen MR) is 82.0 cm³/mol. The number of sulfonamides is 1. The molecule has 0 bridgehead atoms. The van der Waals surface area contributed by atoms with Gasteiger partial charge in [0.05, 0.1) is 10.5 Å². The van der Waals surface area contributed by atoms with E-state index in [0.717, 1.165) is 6.42 Å². The van der Waals surface area contributed by atoms with Crippen LogP contribution in [0.15, 0.2) is 23.1 Å². The summed E-state index contributed by atoms with van der Waals surface area (Å²) in [6.07, 6.45) is 1.36. The van der Waals surface area contributed by atoms with Gasteiger partial charge in [0.25, 0.3) is 0 Å². The van der Waals surface area contributed by atoms with E-state index in [0.29, 0.717) is 18.5 Å². The SMILES string of the molecule is CCc1ccc(C(=O)O)cc1S(=O)(=O)NCC(C)(C)CC. The van der Waals surface area contributed by atoms with E-state index in [-0.39, 0.29) is 15.9 Å². The van der Waals surface area contributed by atoms with Crippen molar-refractivity contribution >= 4 is 16.0 Å². The third kappa shape index (κ3) is 4.54. The Kier molecular flexibility index (Phi) is 5.53. The van der Waals surface area contributed by atoms with Crippen LogP contribution in [0, 0.1) is 5.41 Å². The summed E-state index contributed by atoms with van der Waals surface area (Å²) in [5, 5.41) is 9.02. The predicted octanol–water partition coefficient (Wildman–Crippen LogP) is 2.66. The van der Waals surface area contributed by atoms with Crippen molar-refractivity contribution in [2.24, 2.45) is 5.41 Å². The second kappa shape index (κ2) is 6.58. The largest absolute Gasteiger partial charge is 0.478 e. The van der Waals surface area contributed by atoms with Crippen molar-refractivity contribution in [3.8, 4) is 0 Å². The molecular formula is C15H23NO4S. The fourth-order valence-electron chi connectivity index (χ4n) is 1.72. The molecule has 21 heavy (non-hydrogen) atoms. The van der Waals surface area contributed by atoms with E-state index in [1.165, 1.54) is 12.1 Å². The second-order valence-corrected chi connectivity index (χ2v) is 7.56. The smallest absolute Gasteiger partial charge is 0.335 e. The minimum absolute atomic E-state index is 0.0256. The molecule has 0 aliphatic heterocycles. The molecule has 2 N–H and O–H groups in total. The number of aromatic carboxylic acids is 1. The van der Waals surface area contributed by atoms with Gasteiger partial charge in [-0.15, -0.1) is 0 Å². The van der Waals surface area contributed by atoms with Crippen LogP contribution in [0.25, 0.3) is 0 Å². The van der Waals surface area contributed by atoms with Gasteiger partial charge in [0.2, 0.25) is 10.0 Å². The Labute approximate surface area is 126 Å². The van der Waals surface area contributed by atoms with Crippen molar-refractivity contribution in [2.75, 3.05) is 6.54 Å². The van der Waals surface area contributed by atoms with Crippen LogP contribution in [0.4, 0.5) is 0 Å². The molecule has 6 heteroatoms. The van der Waals surface area contributed by atoms with Gasteiger partial charge in [-0.25, -0.2) is 17.9 Å². The molecular weight excluding hydrogens is 290 g/mol. The number of carbonyl (C=O) groups is 1. The van der Waals surface area contributed by atoms with Gasteiger partial charge in [0.1, 0.15) is 0 Å². The number of nitrogens with one attached hydrogen (secondary N) is 1. The van der Waals surface area contributed by atoms with Crippen molar-refractivity contribution in [3.63, 3.8) is 0 Å². The molecule has 0 saturated carbocycles. The lowest BCUT2D eigenvalue weighted by atomic mass is 9.91. The minimum atomic E-state index is -3.72. The molecule has 118 valence electrons. The van der Waals surface area contributed by atoms with Crippen molar-refractivity contribution in [3.05, 3.63) is 29.3 Å². The molecule has 0 heterocycles. The van der Waals surface area contributed by atoms with Crippen molar-refractivity contribution in [1.82, 2.24) is 4.72 Å². The summed E-state index contributed by atoms with van der Waals surface area (Å²) in [4.78, 5) is 11.1. The van der Waals surface area contributed by atoms with Crippen LogP contribution < -0.4 is 4.72 Å². The monoisotopic (exact) mass is 313 g/mol. The normalized spacial score (nSPS) is 12.4. The number of benzene rings is 1. The van der Waals surface area contributed by atoms with Crippen LogP contribution in [0.1, 0.15) is 50.0 Å². The fraction of sp³-hybridized carbons (Fsp3) is 0.533. The highest BCUT2D eigenvalue weighted by Crippen LogP contribution is 2.22. The third-order valence-electron chi connectivity index (χ3n) is 3.68. The van der Waals surface area contributed by atoms with Gasteiger partial charge in [0, 0.05) is 6.54 Å². The van der Waals surface area contributed by atoms with Crippen LogP contribution >= 0.6 is 0 Å². The lowest BCUT2D eigenvalue weighted by molar-refractivity contribution is 0.0696. The molecule has 0 saturated heterocycles. The summed E-state index contributed by atoms with van der Waals surface area (Å²) in [6.45, 7) is 8.10. The second-order valence-electron chi connectivity index (χ2n) is 5.82. The van der Waals surface area contributed by atoms with Gasteiger partial charge >= 0.3 is 5.97 Å². The maximum Gasteiger partial charge on any atom is 0.335 e. The van der Waals surface area contributed by atoms with Crippen molar-refractivity contribution in [2.45, 2.75) is 45.4 Å². The summed E-state index contributed by atoms with van der Waals surface area (Å²) in [5.74, 6) is -1.14.